The number of ketones is 1. The molecule has 3 rings (SSSR count). The summed E-state index contributed by atoms with van der Waals surface area (Å²) in [5.41, 5.74) is 6.61. The van der Waals surface area contributed by atoms with Gasteiger partial charge in [0.05, 0.1) is 6.04 Å². The number of nitrogens with one attached hydrogen (secondary N) is 1. The van der Waals surface area contributed by atoms with Crippen LogP contribution in [0.5, 0.6) is 0 Å². The number of carbonyl (C=O) groups excluding carboxylic acids is 2. The Labute approximate surface area is 172 Å². The van der Waals surface area contributed by atoms with Crippen molar-refractivity contribution in [3.05, 3.63) is 106 Å². The first-order valence-corrected chi connectivity index (χ1v) is 9.91. The van der Waals surface area contributed by atoms with Crippen molar-refractivity contribution in [1.82, 2.24) is 5.32 Å². The molecule has 3 nitrogen and oxygen atoms in total. The zero-order valence-electron chi connectivity index (χ0n) is 17.5. The van der Waals surface area contributed by atoms with Gasteiger partial charge in [0.15, 0.2) is 5.78 Å². The van der Waals surface area contributed by atoms with E-state index in [1.165, 1.54) is 5.56 Å². The van der Waals surface area contributed by atoms with E-state index in [4.69, 9.17) is 0 Å². The smallest absolute Gasteiger partial charge is 0.251 e. The highest BCUT2D eigenvalue weighted by Crippen LogP contribution is 2.19. The van der Waals surface area contributed by atoms with Gasteiger partial charge in [-0.1, -0.05) is 60.2 Å². The van der Waals surface area contributed by atoms with E-state index in [9.17, 15) is 9.59 Å². The van der Waals surface area contributed by atoms with Gasteiger partial charge in [0.1, 0.15) is 0 Å². The van der Waals surface area contributed by atoms with E-state index in [0.29, 0.717) is 17.5 Å². The van der Waals surface area contributed by atoms with Crippen molar-refractivity contribution in [2.75, 3.05) is 0 Å². The molecule has 0 unspecified atom stereocenters. The standard InChI is InChI=1S/C26H27NO2/c1-17-13-18(2)24(19(3)14-17)16-25(28)22-11-8-12-23(15-22)26(29)27-20(4)21-9-6-5-7-10-21/h5-15,20H,16H2,1-4H3,(H,27,29)/t20-/m1/s1. The van der Waals surface area contributed by atoms with E-state index in [2.05, 4.69) is 24.4 Å². The Bertz CT molecular complexity index is 1010. The molecule has 0 fully saturated rings. The molecule has 0 aliphatic heterocycles. The summed E-state index contributed by atoms with van der Waals surface area (Å²) in [6.45, 7) is 8.09. The lowest BCUT2D eigenvalue weighted by Gasteiger charge is -2.15. The van der Waals surface area contributed by atoms with Crippen LogP contribution < -0.4 is 5.32 Å². The number of amides is 1. The monoisotopic (exact) mass is 385 g/mol. The molecule has 148 valence electrons. The molecule has 1 atom stereocenters. The number of carbonyl (C=O) groups is 2. The molecule has 1 N–H and O–H groups in total. The van der Waals surface area contributed by atoms with Crippen molar-refractivity contribution in [2.45, 2.75) is 40.2 Å². The molecule has 0 aliphatic rings. The molecule has 3 aromatic carbocycles. The van der Waals surface area contributed by atoms with Gasteiger partial charge in [0.2, 0.25) is 0 Å². The molecule has 29 heavy (non-hydrogen) atoms. The molecule has 3 aromatic rings. The average molecular weight is 386 g/mol. The molecular weight excluding hydrogens is 358 g/mol. The van der Waals surface area contributed by atoms with Crippen molar-refractivity contribution in [2.24, 2.45) is 0 Å². The van der Waals surface area contributed by atoms with Crippen LogP contribution in [0, 0.1) is 20.8 Å². The molecule has 0 bridgehead atoms. The first kappa shape index (κ1) is 20.5. The van der Waals surface area contributed by atoms with Crippen molar-refractivity contribution in [3.63, 3.8) is 0 Å². The average Bonchev–Trinajstić information content (AvgIpc) is 2.71. The largest absolute Gasteiger partial charge is 0.346 e. The summed E-state index contributed by atoms with van der Waals surface area (Å²) in [6.07, 6.45) is 0.337. The first-order valence-electron chi connectivity index (χ1n) is 9.91. The van der Waals surface area contributed by atoms with Crippen LogP contribution in [-0.2, 0) is 6.42 Å². The Kier molecular flexibility index (Phi) is 6.28. The normalized spacial score (nSPS) is 11.7. The summed E-state index contributed by atoms with van der Waals surface area (Å²) in [6, 6.07) is 20.9. The summed E-state index contributed by atoms with van der Waals surface area (Å²) in [4.78, 5) is 25.6. The maximum absolute atomic E-state index is 12.9. The maximum Gasteiger partial charge on any atom is 0.251 e. The molecule has 0 aliphatic carbocycles. The van der Waals surface area contributed by atoms with Crippen LogP contribution in [-0.4, -0.2) is 11.7 Å². The second-order valence-corrected chi connectivity index (χ2v) is 7.66. The molecular formula is C26H27NO2. The minimum atomic E-state index is -0.182. The van der Waals surface area contributed by atoms with E-state index in [-0.39, 0.29) is 17.7 Å². The van der Waals surface area contributed by atoms with Crippen molar-refractivity contribution in [3.8, 4) is 0 Å². The van der Waals surface area contributed by atoms with Crippen LogP contribution in [0.25, 0.3) is 0 Å². The molecule has 1 amide bonds. The molecule has 0 saturated carbocycles. The number of aryl methyl sites for hydroxylation is 3. The van der Waals surface area contributed by atoms with Crippen molar-refractivity contribution in [1.29, 1.82) is 0 Å². The second-order valence-electron chi connectivity index (χ2n) is 7.66. The zero-order valence-corrected chi connectivity index (χ0v) is 17.5. The van der Waals surface area contributed by atoms with Gasteiger partial charge < -0.3 is 5.32 Å². The van der Waals surface area contributed by atoms with E-state index in [1.54, 1.807) is 24.3 Å². The van der Waals surface area contributed by atoms with Crippen LogP contribution in [0.3, 0.4) is 0 Å². The summed E-state index contributed by atoms with van der Waals surface area (Å²) in [5, 5.41) is 3.00. The SMILES string of the molecule is Cc1cc(C)c(CC(=O)c2cccc(C(=O)N[C@H](C)c3ccccc3)c2)c(C)c1. The number of Topliss-reactive ketones (excluding diaryl/α,β-unsaturated/α-hetero) is 1. The predicted octanol–water partition coefficient (Wildman–Crippen LogP) is 5.53. The minimum Gasteiger partial charge on any atom is -0.346 e. The number of benzene rings is 3. The van der Waals surface area contributed by atoms with Gasteiger partial charge >= 0.3 is 0 Å². The Morgan fingerprint density at radius 1 is 0.828 bits per heavy atom. The lowest BCUT2D eigenvalue weighted by molar-refractivity contribution is 0.0940. The summed E-state index contributed by atoms with van der Waals surface area (Å²) >= 11 is 0. The molecule has 0 radical (unpaired) electrons. The van der Waals surface area contributed by atoms with Gasteiger partial charge in [-0.25, -0.2) is 0 Å². The molecule has 3 heteroatoms. The predicted molar refractivity (Wildman–Crippen MR) is 117 cm³/mol. The Morgan fingerprint density at radius 2 is 1.45 bits per heavy atom. The van der Waals surface area contributed by atoms with Crippen LogP contribution in [0.4, 0.5) is 0 Å². The molecule has 0 heterocycles. The van der Waals surface area contributed by atoms with Gasteiger partial charge in [-0.2, -0.15) is 0 Å². The number of hydrogen-bond donors (Lipinski definition) is 1. The van der Waals surface area contributed by atoms with Gasteiger partial charge in [-0.3, -0.25) is 9.59 Å². The zero-order chi connectivity index (χ0) is 21.0. The van der Waals surface area contributed by atoms with Crippen molar-refractivity contribution < 1.29 is 9.59 Å². The second kappa shape index (κ2) is 8.87. The number of rotatable bonds is 6. The van der Waals surface area contributed by atoms with E-state index in [0.717, 1.165) is 22.3 Å². The summed E-state index contributed by atoms with van der Waals surface area (Å²) in [5.74, 6) is -0.162. The van der Waals surface area contributed by atoms with Crippen LogP contribution >= 0.6 is 0 Å². The Balaban J connectivity index is 1.75. The fourth-order valence-electron chi connectivity index (χ4n) is 3.69. The van der Waals surface area contributed by atoms with Crippen LogP contribution in [0.15, 0.2) is 66.7 Å². The third-order valence-electron chi connectivity index (χ3n) is 5.27. The first-order chi connectivity index (χ1) is 13.8. The van der Waals surface area contributed by atoms with Crippen LogP contribution in [0.2, 0.25) is 0 Å². The highest BCUT2D eigenvalue weighted by atomic mass is 16.1. The van der Waals surface area contributed by atoms with E-state index >= 15 is 0 Å². The van der Waals surface area contributed by atoms with Crippen LogP contribution in [0.1, 0.15) is 61.5 Å². The Morgan fingerprint density at radius 3 is 2.10 bits per heavy atom. The van der Waals surface area contributed by atoms with Gasteiger partial charge in [-0.05, 0) is 62.1 Å². The quantitative estimate of drug-likeness (QED) is 0.567. The molecule has 0 aromatic heterocycles. The molecule has 0 saturated heterocycles. The van der Waals surface area contributed by atoms with E-state index in [1.807, 2.05) is 51.1 Å². The third kappa shape index (κ3) is 5.00. The topological polar surface area (TPSA) is 46.2 Å². The fourth-order valence-corrected chi connectivity index (χ4v) is 3.69. The highest BCUT2D eigenvalue weighted by molar-refractivity contribution is 6.01. The summed E-state index contributed by atoms with van der Waals surface area (Å²) in [7, 11) is 0. The lowest BCUT2D eigenvalue weighted by Crippen LogP contribution is -2.26. The third-order valence-corrected chi connectivity index (χ3v) is 5.27. The molecule has 0 spiro atoms. The Hall–Kier alpha value is -3.20. The number of hydrogen-bond acceptors (Lipinski definition) is 2. The fraction of sp³-hybridized carbons (Fsp3) is 0.231. The van der Waals surface area contributed by atoms with Gasteiger partial charge in [0.25, 0.3) is 5.91 Å². The highest BCUT2D eigenvalue weighted by Gasteiger charge is 2.15. The van der Waals surface area contributed by atoms with Gasteiger partial charge in [-0.15, -0.1) is 0 Å². The minimum absolute atomic E-state index is 0.0193. The van der Waals surface area contributed by atoms with Gasteiger partial charge in [0, 0.05) is 17.5 Å². The van der Waals surface area contributed by atoms with Crippen molar-refractivity contribution >= 4 is 11.7 Å². The maximum atomic E-state index is 12.9. The summed E-state index contributed by atoms with van der Waals surface area (Å²) < 4.78 is 0. The lowest BCUT2D eigenvalue weighted by atomic mass is 9.93. The van der Waals surface area contributed by atoms with E-state index < -0.39 is 0 Å².